The van der Waals surface area contributed by atoms with E-state index in [-0.39, 0.29) is 12.4 Å². The molecule has 0 radical (unpaired) electrons. The molecule has 1 rings (SSSR count). The minimum atomic E-state index is -4.54. The second kappa shape index (κ2) is 3.79. The Balaban J connectivity index is 3.06. The van der Waals surface area contributed by atoms with Crippen molar-refractivity contribution in [3.8, 4) is 0 Å². The van der Waals surface area contributed by atoms with Crippen molar-refractivity contribution in [3.63, 3.8) is 0 Å². The van der Waals surface area contributed by atoms with Gasteiger partial charge >= 0.3 is 6.18 Å². The molecule has 1 heterocycles. The lowest BCUT2D eigenvalue weighted by molar-refractivity contribution is -0.141. The van der Waals surface area contributed by atoms with Gasteiger partial charge in [-0.3, -0.25) is 4.79 Å². The summed E-state index contributed by atoms with van der Waals surface area (Å²) in [6.45, 7) is -0.190. The first-order valence-corrected chi connectivity index (χ1v) is 3.58. The van der Waals surface area contributed by atoms with E-state index in [0.717, 1.165) is 4.68 Å². The summed E-state index contributed by atoms with van der Waals surface area (Å²) in [6.07, 6.45) is -4.25. The van der Waals surface area contributed by atoms with E-state index < -0.39 is 11.9 Å². The molecule has 0 aromatic carbocycles. The first-order chi connectivity index (χ1) is 6.49. The van der Waals surface area contributed by atoms with E-state index >= 15 is 0 Å². The lowest BCUT2D eigenvalue weighted by Gasteiger charge is -2.01. The van der Waals surface area contributed by atoms with Gasteiger partial charge in [0.25, 0.3) is 0 Å². The summed E-state index contributed by atoms with van der Waals surface area (Å²) < 4.78 is 41.8. The molecular weight excluding hydrogens is 201 g/mol. The maximum atomic E-state index is 12.1. The van der Waals surface area contributed by atoms with E-state index in [1.165, 1.54) is 7.11 Å². The Labute approximate surface area is 77.3 Å². The number of halogens is 3. The van der Waals surface area contributed by atoms with Gasteiger partial charge in [0.05, 0.1) is 0 Å². The molecule has 0 saturated heterocycles. The second-order valence-electron chi connectivity index (χ2n) is 2.49. The van der Waals surface area contributed by atoms with Crippen molar-refractivity contribution in [2.24, 2.45) is 0 Å². The molecule has 0 spiro atoms. The van der Waals surface area contributed by atoms with Crippen molar-refractivity contribution in [1.29, 1.82) is 0 Å². The normalized spacial score (nSPS) is 11.7. The third-order valence-electron chi connectivity index (χ3n) is 1.47. The smallest absolute Gasteiger partial charge is 0.362 e. The van der Waals surface area contributed by atoms with Crippen LogP contribution in [-0.2, 0) is 17.6 Å². The van der Waals surface area contributed by atoms with Crippen LogP contribution in [0.3, 0.4) is 0 Å². The zero-order valence-corrected chi connectivity index (χ0v) is 7.21. The van der Waals surface area contributed by atoms with Gasteiger partial charge in [-0.15, -0.1) is 0 Å². The van der Waals surface area contributed by atoms with Crippen molar-refractivity contribution in [2.75, 3.05) is 7.11 Å². The van der Waals surface area contributed by atoms with Crippen LogP contribution in [0.15, 0.2) is 6.07 Å². The Hall–Kier alpha value is -1.37. The molecule has 0 bridgehead atoms. The van der Waals surface area contributed by atoms with Crippen LogP contribution in [-0.4, -0.2) is 23.2 Å². The SMILES string of the molecule is COCn1nc(C(F)(F)F)cc1C=O. The highest BCUT2D eigenvalue weighted by molar-refractivity contribution is 5.72. The van der Waals surface area contributed by atoms with Gasteiger partial charge in [-0.2, -0.15) is 18.3 Å². The number of hydrogen-bond acceptors (Lipinski definition) is 3. The average molecular weight is 208 g/mol. The molecule has 0 aliphatic rings. The van der Waals surface area contributed by atoms with Crippen LogP contribution < -0.4 is 0 Å². The van der Waals surface area contributed by atoms with Gasteiger partial charge in [-0.25, -0.2) is 4.68 Å². The van der Waals surface area contributed by atoms with Crippen molar-refractivity contribution < 1.29 is 22.7 Å². The van der Waals surface area contributed by atoms with Gasteiger partial charge in [-0.05, 0) is 6.07 Å². The highest BCUT2D eigenvalue weighted by Gasteiger charge is 2.34. The maximum absolute atomic E-state index is 12.1. The average Bonchev–Trinajstić information content (AvgIpc) is 2.47. The van der Waals surface area contributed by atoms with E-state index in [1.807, 2.05) is 0 Å². The molecule has 0 fully saturated rings. The predicted molar refractivity (Wildman–Crippen MR) is 39.6 cm³/mol. The summed E-state index contributed by atoms with van der Waals surface area (Å²) in [6, 6.07) is 0.673. The number of aldehydes is 1. The van der Waals surface area contributed by atoms with Crippen molar-refractivity contribution in [3.05, 3.63) is 17.5 Å². The molecule has 0 unspecified atom stereocenters. The topological polar surface area (TPSA) is 44.1 Å². The van der Waals surface area contributed by atoms with Crippen molar-refractivity contribution in [1.82, 2.24) is 9.78 Å². The van der Waals surface area contributed by atoms with Crippen LogP contribution in [0, 0.1) is 0 Å². The fourth-order valence-electron chi connectivity index (χ4n) is 0.890. The monoisotopic (exact) mass is 208 g/mol. The van der Waals surface area contributed by atoms with Crippen LogP contribution in [0.1, 0.15) is 16.2 Å². The zero-order valence-electron chi connectivity index (χ0n) is 7.21. The Bertz CT molecular complexity index is 332. The van der Waals surface area contributed by atoms with Gasteiger partial charge in [0.15, 0.2) is 12.0 Å². The van der Waals surface area contributed by atoms with Gasteiger partial charge in [0, 0.05) is 7.11 Å². The van der Waals surface area contributed by atoms with Crippen LogP contribution in [0.4, 0.5) is 13.2 Å². The molecule has 1 aromatic heterocycles. The van der Waals surface area contributed by atoms with E-state index in [4.69, 9.17) is 0 Å². The number of carbonyl (C=O) groups excluding carboxylic acids is 1. The molecule has 0 aliphatic carbocycles. The summed E-state index contributed by atoms with van der Waals surface area (Å²) >= 11 is 0. The van der Waals surface area contributed by atoms with Gasteiger partial charge < -0.3 is 4.74 Å². The fraction of sp³-hybridized carbons (Fsp3) is 0.429. The lowest BCUT2D eigenvalue weighted by atomic mass is 10.3. The number of nitrogens with zero attached hydrogens (tertiary/aromatic N) is 2. The van der Waals surface area contributed by atoms with Crippen LogP contribution in [0.5, 0.6) is 0 Å². The molecule has 1 aromatic rings. The molecule has 0 amide bonds. The summed E-state index contributed by atoms with van der Waals surface area (Å²) in [5, 5.41) is 3.18. The van der Waals surface area contributed by atoms with E-state index in [1.54, 1.807) is 0 Å². The number of alkyl halides is 3. The standard InChI is InChI=1S/C7H7F3N2O2/c1-14-4-12-5(3-13)2-6(11-12)7(8,9)10/h2-3H,4H2,1H3. The highest BCUT2D eigenvalue weighted by Crippen LogP contribution is 2.28. The number of hydrogen-bond donors (Lipinski definition) is 0. The number of aromatic nitrogens is 2. The first kappa shape index (κ1) is 10.7. The van der Waals surface area contributed by atoms with E-state index in [9.17, 15) is 18.0 Å². The molecule has 78 valence electrons. The minimum Gasteiger partial charge on any atom is -0.362 e. The van der Waals surface area contributed by atoms with Crippen LogP contribution >= 0.6 is 0 Å². The molecule has 7 heteroatoms. The number of methoxy groups -OCH3 is 1. The first-order valence-electron chi connectivity index (χ1n) is 3.58. The molecule has 0 saturated carbocycles. The number of carbonyl (C=O) groups is 1. The third-order valence-corrected chi connectivity index (χ3v) is 1.47. The summed E-state index contributed by atoms with van der Waals surface area (Å²) in [5.74, 6) is 0. The van der Waals surface area contributed by atoms with Gasteiger partial charge in [-0.1, -0.05) is 0 Å². The van der Waals surface area contributed by atoms with Crippen molar-refractivity contribution in [2.45, 2.75) is 12.9 Å². The Morgan fingerprint density at radius 3 is 2.71 bits per heavy atom. The highest BCUT2D eigenvalue weighted by atomic mass is 19.4. The Kier molecular flexibility index (Phi) is 2.90. The fourth-order valence-corrected chi connectivity index (χ4v) is 0.890. The molecule has 14 heavy (non-hydrogen) atoms. The summed E-state index contributed by atoms with van der Waals surface area (Å²) in [5.41, 5.74) is -1.27. The van der Waals surface area contributed by atoms with E-state index in [0.29, 0.717) is 12.4 Å². The Morgan fingerprint density at radius 1 is 1.64 bits per heavy atom. The maximum Gasteiger partial charge on any atom is 0.435 e. The third kappa shape index (κ3) is 2.11. The molecule has 0 atom stereocenters. The largest absolute Gasteiger partial charge is 0.435 e. The second-order valence-corrected chi connectivity index (χ2v) is 2.49. The predicted octanol–water partition coefficient (Wildman–Crippen LogP) is 1.32. The van der Waals surface area contributed by atoms with Gasteiger partial charge in [0.1, 0.15) is 12.4 Å². The van der Waals surface area contributed by atoms with E-state index in [2.05, 4.69) is 9.84 Å². The zero-order chi connectivity index (χ0) is 10.8. The number of rotatable bonds is 3. The molecular formula is C7H7F3N2O2. The quantitative estimate of drug-likeness (QED) is 0.703. The van der Waals surface area contributed by atoms with Crippen LogP contribution in [0.2, 0.25) is 0 Å². The summed E-state index contributed by atoms with van der Waals surface area (Å²) in [4.78, 5) is 10.4. The molecule has 0 N–H and O–H groups in total. The number of ether oxygens (including phenoxy) is 1. The minimum absolute atomic E-state index is 0.167. The summed E-state index contributed by atoms with van der Waals surface area (Å²) in [7, 11) is 1.30. The molecule has 4 nitrogen and oxygen atoms in total. The lowest BCUT2D eigenvalue weighted by Crippen LogP contribution is -2.09. The Morgan fingerprint density at radius 2 is 2.29 bits per heavy atom. The molecule has 0 aliphatic heterocycles. The van der Waals surface area contributed by atoms with Crippen molar-refractivity contribution >= 4 is 6.29 Å². The van der Waals surface area contributed by atoms with Crippen LogP contribution in [0.25, 0.3) is 0 Å². The van der Waals surface area contributed by atoms with Gasteiger partial charge in [0.2, 0.25) is 0 Å².